The molecule has 2 aromatic heterocycles. The Morgan fingerprint density at radius 3 is 2.85 bits per heavy atom. The van der Waals surface area contributed by atoms with Gasteiger partial charge in [-0.25, -0.2) is 9.78 Å². The maximum Gasteiger partial charge on any atom is 0.338 e. The van der Waals surface area contributed by atoms with Gasteiger partial charge in [0, 0.05) is 5.69 Å². The first kappa shape index (κ1) is 23.9. The zero-order valence-corrected chi connectivity index (χ0v) is 20.4. The predicted octanol–water partition coefficient (Wildman–Crippen LogP) is 4.70. The predicted molar refractivity (Wildman–Crippen MR) is 130 cm³/mol. The minimum atomic E-state index is -0.671. The second-order valence-electron chi connectivity index (χ2n) is 7.95. The van der Waals surface area contributed by atoms with Gasteiger partial charge in [0.15, 0.2) is 0 Å². The van der Waals surface area contributed by atoms with Crippen molar-refractivity contribution in [2.75, 3.05) is 12.4 Å². The number of thioether (sulfide) groups is 1. The summed E-state index contributed by atoms with van der Waals surface area (Å²) in [5.41, 5.74) is 10.0. The van der Waals surface area contributed by atoms with Gasteiger partial charge in [-0.05, 0) is 66.6 Å². The summed E-state index contributed by atoms with van der Waals surface area (Å²) in [6.45, 7) is 1.91. The molecule has 7 nitrogen and oxygen atoms in total. The van der Waals surface area contributed by atoms with Gasteiger partial charge in [0.1, 0.15) is 28.5 Å². The van der Waals surface area contributed by atoms with Crippen molar-refractivity contribution in [1.29, 1.82) is 10.5 Å². The fraction of sp³-hybridized carbons (Fsp3) is 0.360. The molecule has 34 heavy (non-hydrogen) atoms. The van der Waals surface area contributed by atoms with Gasteiger partial charge in [0.2, 0.25) is 5.88 Å². The number of hydrogen-bond acceptors (Lipinski definition) is 9. The van der Waals surface area contributed by atoms with Crippen molar-refractivity contribution in [3.8, 4) is 12.1 Å². The maximum absolute atomic E-state index is 13.0. The van der Waals surface area contributed by atoms with Gasteiger partial charge in [-0.15, -0.1) is 0 Å². The summed E-state index contributed by atoms with van der Waals surface area (Å²) in [6.07, 6.45) is 5.17. The van der Waals surface area contributed by atoms with Gasteiger partial charge in [0.25, 0.3) is 0 Å². The van der Waals surface area contributed by atoms with Crippen LogP contribution in [0.2, 0.25) is 0 Å². The molecule has 0 radical (unpaired) electrons. The molecule has 0 saturated heterocycles. The molecule has 2 aliphatic rings. The summed E-state index contributed by atoms with van der Waals surface area (Å²) < 4.78 is 11.1. The van der Waals surface area contributed by atoms with E-state index in [1.54, 1.807) is 6.92 Å². The number of nitrogens with two attached hydrogens (primary N) is 1. The highest BCUT2D eigenvalue weighted by Gasteiger charge is 2.38. The van der Waals surface area contributed by atoms with Crippen LogP contribution in [-0.2, 0) is 27.1 Å². The molecule has 0 amide bonds. The number of nitriles is 2. The van der Waals surface area contributed by atoms with Crippen molar-refractivity contribution in [3.05, 3.63) is 68.1 Å². The molecule has 0 saturated carbocycles. The molecule has 0 unspecified atom stereocenters. The molecule has 0 bridgehead atoms. The van der Waals surface area contributed by atoms with E-state index < -0.39 is 11.9 Å². The topological polar surface area (TPSA) is 122 Å². The Hall–Kier alpha value is -3.27. The van der Waals surface area contributed by atoms with Gasteiger partial charge in [-0.2, -0.15) is 21.9 Å². The number of carbonyl (C=O) groups is 1. The second-order valence-corrected chi connectivity index (χ2v) is 9.69. The standard InChI is InChI=1S/C25H24N4O3S2/c1-2-31-25(30)22-20(32-23(28)18(12-27)21(22)16-8-9-33-13-16)14-34-24-17(11-26)10-15-6-4-3-5-7-19(15)29-24/h8-10,13,21H,2-7,14,28H2,1H3/t21-/m0/s1. The number of rotatable bonds is 6. The van der Waals surface area contributed by atoms with E-state index in [2.05, 4.69) is 12.1 Å². The molecular formula is C25H24N4O3S2. The molecular weight excluding hydrogens is 468 g/mol. The highest BCUT2D eigenvalue weighted by molar-refractivity contribution is 7.99. The highest BCUT2D eigenvalue weighted by Crippen LogP contribution is 2.42. The van der Waals surface area contributed by atoms with E-state index in [4.69, 9.17) is 20.2 Å². The van der Waals surface area contributed by atoms with Gasteiger partial charge in [-0.3, -0.25) is 0 Å². The smallest absolute Gasteiger partial charge is 0.338 e. The second kappa shape index (κ2) is 10.8. The first-order valence-electron chi connectivity index (χ1n) is 11.1. The van der Waals surface area contributed by atoms with Gasteiger partial charge >= 0.3 is 5.97 Å². The lowest BCUT2D eigenvalue weighted by molar-refractivity contribution is -0.139. The summed E-state index contributed by atoms with van der Waals surface area (Å²) in [5.74, 6) is -0.719. The lowest BCUT2D eigenvalue weighted by Gasteiger charge is -2.27. The number of aromatic nitrogens is 1. The number of aryl methyl sites for hydroxylation is 2. The molecule has 1 atom stereocenters. The minimum absolute atomic E-state index is 0.0299. The summed E-state index contributed by atoms with van der Waals surface area (Å²) >= 11 is 2.79. The van der Waals surface area contributed by atoms with E-state index in [1.165, 1.54) is 23.1 Å². The summed E-state index contributed by atoms with van der Waals surface area (Å²) in [6, 6.07) is 8.16. The van der Waals surface area contributed by atoms with E-state index >= 15 is 0 Å². The Labute approximate surface area is 206 Å². The highest BCUT2D eigenvalue weighted by atomic mass is 32.2. The molecule has 0 fully saturated rings. The third-order valence-corrected chi connectivity index (χ3v) is 7.54. The van der Waals surface area contributed by atoms with Crippen molar-refractivity contribution < 1.29 is 14.3 Å². The van der Waals surface area contributed by atoms with Crippen LogP contribution in [0.15, 0.2) is 50.7 Å². The van der Waals surface area contributed by atoms with Crippen molar-refractivity contribution >= 4 is 29.1 Å². The number of esters is 1. The number of fused-ring (bicyclic) bond motifs is 1. The molecule has 0 aromatic carbocycles. The lowest BCUT2D eigenvalue weighted by atomic mass is 9.84. The number of nitrogens with zero attached hydrogens (tertiary/aromatic N) is 3. The maximum atomic E-state index is 13.0. The molecule has 2 aromatic rings. The number of ether oxygens (including phenoxy) is 2. The first-order chi connectivity index (χ1) is 16.6. The summed E-state index contributed by atoms with van der Waals surface area (Å²) in [4.78, 5) is 17.8. The monoisotopic (exact) mass is 492 g/mol. The average Bonchev–Trinajstić information content (AvgIpc) is 3.27. The fourth-order valence-corrected chi connectivity index (χ4v) is 5.85. The fourth-order valence-electron chi connectivity index (χ4n) is 4.25. The van der Waals surface area contributed by atoms with Crippen LogP contribution >= 0.6 is 23.1 Å². The number of hydrogen-bond donors (Lipinski definition) is 1. The first-order valence-corrected chi connectivity index (χ1v) is 13.1. The van der Waals surface area contributed by atoms with Crippen molar-refractivity contribution in [2.24, 2.45) is 5.73 Å². The third kappa shape index (κ3) is 4.82. The van der Waals surface area contributed by atoms with Crippen LogP contribution in [0.25, 0.3) is 0 Å². The molecule has 3 heterocycles. The third-order valence-electron chi connectivity index (χ3n) is 5.84. The van der Waals surface area contributed by atoms with Crippen LogP contribution in [0, 0.1) is 22.7 Å². The van der Waals surface area contributed by atoms with Crippen molar-refractivity contribution in [3.63, 3.8) is 0 Å². The number of allylic oxidation sites excluding steroid dienone is 1. The zero-order valence-electron chi connectivity index (χ0n) is 18.8. The Morgan fingerprint density at radius 1 is 1.32 bits per heavy atom. The van der Waals surface area contributed by atoms with Crippen LogP contribution in [0.3, 0.4) is 0 Å². The zero-order chi connectivity index (χ0) is 24.1. The molecule has 2 N–H and O–H groups in total. The molecule has 1 aliphatic heterocycles. The van der Waals surface area contributed by atoms with E-state index in [0.717, 1.165) is 48.9 Å². The molecule has 9 heteroatoms. The molecule has 0 spiro atoms. The summed E-state index contributed by atoms with van der Waals surface area (Å²) in [7, 11) is 0. The Morgan fingerprint density at radius 2 is 2.15 bits per heavy atom. The van der Waals surface area contributed by atoms with Crippen LogP contribution in [0.4, 0.5) is 0 Å². The molecule has 1 aliphatic carbocycles. The Bertz CT molecular complexity index is 1240. The van der Waals surface area contributed by atoms with Gasteiger partial charge in [-0.1, -0.05) is 18.2 Å². The molecule has 174 valence electrons. The number of carbonyl (C=O) groups excluding carboxylic acids is 1. The van der Waals surface area contributed by atoms with Gasteiger partial charge in [0.05, 0.1) is 29.4 Å². The number of thiophene rings is 1. The Kier molecular flexibility index (Phi) is 7.56. The lowest BCUT2D eigenvalue weighted by Crippen LogP contribution is -2.26. The quantitative estimate of drug-likeness (QED) is 0.350. The average molecular weight is 493 g/mol. The van der Waals surface area contributed by atoms with Crippen molar-refractivity contribution in [2.45, 2.75) is 50.0 Å². The van der Waals surface area contributed by atoms with Gasteiger partial charge < -0.3 is 15.2 Å². The van der Waals surface area contributed by atoms with E-state index in [9.17, 15) is 15.3 Å². The normalized spacial score (nSPS) is 17.8. The largest absolute Gasteiger partial charge is 0.463 e. The van der Waals surface area contributed by atoms with E-state index in [0.29, 0.717) is 16.3 Å². The van der Waals surface area contributed by atoms with Crippen molar-refractivity contribution in [1.82, 2.24) is 4.98 Å². The van der Waals surface area contributed by atoms with Crippen LogP contribution in [0.5, 0.6) is 0 Å². The number of pyridine rings is 1. The van der Waals surface area contributed by atoms with Crippen LogP contribution in [-0.4, -0.2) is 23.3 Å². The summed E-state index contributed by atoms with van der Waals surface area (Å²) in [5, 5.41) is 23.9. The van der Waals surface area contributed by atoms with Crippen LogP contribution < -0.4 is 5.73 Å². The minimum Gasteiger partial charge on any atom is -0.463 e. The van der Waals surface area contributed by atoms with Crippen LogP contribution in [0.1, 0.15) is 54.5 Å². The SMILES string of the molecule is CCOC(=O)C1=C(CSc2nc3c(cc2C#N)CCCCC3)OC(N)=C(C#N)[C@@H]1c1ccsc1. The van der Waals surface area contributed by atoms with E-state index in [-0.39, 0.29) is 29.4 Å². The Balaban J connectivity index is 1.72. The van der Waals surface area contributed by atoms with E-state index in [1.807, 2.05) is 22.9 Å². The molecule has 4 rings (SSSR count).